The summed E-state index contributed by atoms with van der Waals surface area (Å²) in [5, 5.41) is 10.9. The summed E-state index contributed by atoms with van der Waals surface area (Å²) in [5.74, 6) is 0.710. The van der Waals surface area contributed by atoms with E-state index in [-0.39, 0.29) is 17.2 Å². The van der Waals surface area contributed by atoms with Crippen LogP contribution in [0.4, 0.5) is 4.39 Å². The molecule has 0 saturated carbocycles. The van der Waals surface area contributed by atoms with Crippen LogP contribution in [-0.2, 0) is 0 Å². The van der Waals surface area contributed by atoms with Crippen molar-refractivity contribution in [2.45, 2.75) is 63.4 Å². The summed E-state index contributed by atoms with van der Waals surface area (Å²) in [7, 11) is 0. The first kappa shape index (κ1) is 15.8. The number of thioether (sulfide) groups is 1. The second kappa shape index (κ2) is 6.48. The lowest BCUT2D eigenvalue weighted by molar-refractivity contribution is 0.0133. The topological polar surface area (TPSA) is 20.2 Å². The van der Waals surface area contributed by atoms with E-state index in [1.165, 1.54) is 6.07 Å². The standard InChI is InChI=1S/C17H25FOS/c1-4-6-9-17(5-2)11-20-15-8-7-13(18)10-14(15)12(3)16(17)19/h7-8,10,12,16,19H,4-6,9,11H2,1-3H3/t12-,16-,17?/m1/s1. The number of hydrogen-bond donors (Lipinski definition) is 1. The SMILES string of the molecule is CCCCC1(CC)CSc2ccc(F)cc2[C@@H](C)[C@H]1O. The second-order valence-corrected chi connectivity index (χ2v) is 7.04. The maximum Gasteiger partial charge on any atom is 0.123 e. The minimum atomic E-state index is -0.394. The van der Waals surface area contributed by atoms with Crippen molar-refractivity contribution in [3.05, 3.63) is 29.6 Å². The van der Waals surface area contributed by atoms with Crippen molar-refractivity contribution in [3.8, 4) is 0 Å². The third-order valence-electron chi connectivity index (χ3n) is 4.81. The molecule has 20 heavy (non-hydrogen) atoms. The summed E-state index contributed by atoms with van der Waals surface area (Å²) >= 11 is 1.78. The molecular formula is C17H25FOS. The van der Waals surface area contributed by atoms with Crippen LogP contribution in [0.2, 0.25) is 0 Å². The Balaban J connectivity index is 2.35. The molecule has 0 aliphatic carbocycles. The Hall–Kier alpha value is -0.540. The molecule has 0 bridgehead atoms. The van der Waals surface area contributed by atoms with E-state index in [2.05, 4.69) is 13.8 Å². The molecule has 1 N–H and O–H groups in total. The summed E-state index contributed by atoms with van der Waals surface area (Å²) in [5.41, 5.74) is 0.921. The number of benzene rings is 1. The monoisotopic (exact) mass is 296 g/mol. The summed E-state index contributed by atoms with van der Waals surface area (Å²) in [4.78, 5) is 1.13. The van der Waals surface area contributed by atoms with Gasteiger partial charge in [-0.3, -0.25) is 0 Å². The third-order valence-corrected chi connectivity index (χ3v) is 6.21. The first-order valence-electron chi connectivity index (χ1n) is 7.64. The molecular weight excluding hydrogens is 271 g/mol. The molecule has 1 aromatic rings. The molecule has 1 heterocycles. The number of halogens is 1. The highest BCUT2D eigenvalue weighted by Crippen LogP contribution is 2.48. The van der Waals surface area contributed by atoms with Crippen LogP contribution >= 0.6 is 11.8 Å². The predicted octanol–water partition coefficient (Wildman–Crippen LogP) is 4.98. The Morgan fingerprint density at radius 2 is 2.15 bits per heavy atom. The van der Waals surface area contributed by atoms with E-state index in [1.54, 1.807) is 17.8 Å². The number of fused-ring (bicyclic) bond motifs is 1. The Kier molecular flexibility index (Phi) is 5.14. The van der Waals surface area contributed by atoms with Gasteiger partial charge in [0.2, 0.25) is 0 Å². The zero-order chi connectivity index (χ0) is 14.8. The lowest BCUT2D eigenvalue weighted by atomic mass is 9.71. The van der Waals surface area contributed by atoms with Crippen molar-refractivity contribution in [1.82, 2.24) is 0 Å². The van der Waals surface area contributed by atoms with E-state index >= 15 is 0 Å². The number of aliphatic hydroxyl groups is 1. The molecule has 0 saturated heterocycles. The molecule has 1 aliphatic heterocycles. The van der Waals surface area contributed by atoms with Gasteiger partial charge in [-0.25, -0.2) is 4.39 Å². The minimum absolute atomic E-state index is 0.00694. The quantitative estimate of drug-likeness (QED) is 0.845. The fourth-order valence-corrected chi connectivity index (χ4v) is 4.79. The van der Waals surface area contributed by atoms with Crippen molar-refractivity contribution < 1.29 is 9.50 Å². The summed E-state index contributed by atoms with van der Waals surface area (Å²) in [6.45, 7) is 6.39. The van der Waals surface area contributed by atoms with Gasteiger partial charge in [0.15, 0.2) is 0 Å². The highest BCUT2D eigenvalue weighted by Gasteiger charge is 2.42. The Labute approximate surface area is 126 Å². The molecule has 0 radical (unpaired) electrons. The van der Waals surface area contributed by atoms with E-state index in [4.69, 9.17) is 0 Å². The molecule has 3 heteroatoms. The van der Waals surface area contributed by atoms with Crippen molar-refractivity contribution >= 4 is 11.8 Å². The van der Waals surface area contributed by atoms with Gasteiger partial charge in [0.25, 0.3) is 0 Å². The summed E-state index contributed by atoms with van der Waals surface area (Å²) in [6.07, 6.45) is 3.92. The molecule has 3 atom stereocenters. The molecule has 112 valence electrons. The highest BCUT2D eigenvalue weighted by molar-refractivity contribution is 7.99. The van der Waals surface area contributed by atoms with Crippen LogP contribution in [0.5, 0.6) is 0 Å². The van der Waals surface area contributed by atoms with Crippen molar-refractivity contribution in [1.29, 1.82) is 0 Å². The second-order valence-electron chi connectivity index (χ2n) is 6.02. The smallest absolute Gasteiger partial charge is 0.123 e. The molecule has 0 amide bonds. The van der Waals surface area contributed by atoms with Gasteiger partial charge in [0.05, 0.1) is 6.10 Å². The number of aliphatic hydroxyl groups excluding tert-OH is 1. The fourth-order valence-electron chi connectivity index (χ4n) is 3.25. The van der Waals surface area contributed by atoms with Crippen LogP contribution in [0, 0.1) is 11.2 Å². The molecule has 1 unspecified atom stereocenters. The zero-order valence-electron chi connectivity index (χ0n) is 12.7. The molecule has 0 spiro atoms. The lowest BCUT2D eigenvalue weighted by Crippen LogP contribution is -2.39. The van der Waals surface area contributed by atoms with E-state index in [0.29, 0.717) is 0 Å². The van der Waals surface area contributed by atoms with E-state index in [9.17, 15) is 9.50 Å². The Morgan fingerprint density at radius 1 is 1.40 bits per heavy atom. The average molecular weight is 296 g/mol. The third kappa shape index (κ3) is 2.89. The van der Waals surface area contributed by atoms with Crippen LogP contribution < -0.4 is 0 Å². The molecule has 0 fully saturated rings. The summed E-state index contributed by atoms with van der Waals surface area (Å²) in [6, 6.07) is 4.99. The predicted molar refractivity (Wildman–Crippen MR) is 83.8 cm³/mol. The van der Waals surface area contributed by atoms with E-state index < -0.39 is 6.10 Å². The van der Waals surface area contributed by atoms with Crippen LogP contribution in [0.1, 0.15) is 57.9 Å². The van der Waals surface area contributed by atoms with E-state index in [1.807, 2.05) is 13.0 Å². The van der Waals surface area contributed by atoms with Crippen LogP contribution in [0.15, 0.2) is 23.1 Å². The van der Waals surface area contributed by atoms with Gasteiger partial charge in [-0.1, -0.05) is 33.6 Å². The number of hydrogen-bond acceptors (Lipinski definition) is 2. The minimum Gasteiger partial charge on any atom is -0.392 e. The van der Waals surface area contributed by atoms with Gasteiger partial charge in [-0.15, -0.1) is 11.8 Å². The number of unbranched alkanes of at least 4 members (excludes halogenated alkanes) is 1. The van der Waals surface area contributed by atoms with Gasteiger partial charge in [-0.2, -0.15) is 0 Å². The Bertz CT molecular complexity index is 462. The van der Waals surface area contributed by atoms with Gasteiger partial charge >= 0.3 is 0 Å². The van der Waals surface area contributed by atoms with Gasteiger partial charge < -0.3 is 5.11 Å². The van der Waals surface area contributed by atoms with Crippen molar-refractivity contribution in [2.24, 2.45) is 5.41 Å². The van der Waals surface area contributed by atoms with Gasteiger partial charge in [0.1, 0.15) is 5.82 Å². The maximum atomic E-state index is 13.5. The molecule has 1 nitrogen and oxygen atoms in total. The average Bonchev–Trinajstić information content (AvgIpc) is 2.56. The van der Waals surface area contributed by atoms with Crippen molar-refractivity contribution in [2.75, 3.05) is 5.75 Å². The first-order valence-corrected chi connectivity index (χ1v) is 8.63. The van der Waals surface area contributed by atoms with Crippen LogP contribution in [-0.4, -0.2) is 17.0 Å². The fraction of sp³-hybridized carbons (Fsp3) is 0.647. The van der Waals surface area contributed by atoms with Crippen LogP contribution in [0.25, 0.3) is 0 Å². The largest absolute Gasteiger partial charge is 0.392 e. The number of rotatable bonds is 4. The maximum absolute atomic E-state index is 13.5. The van der Waals surface area contributed by atoms with Crippen molar-refractivity contribution in [3.63, 3.8) is 0 Å². The van der Waals surface area contributed by atoms with E-state index in [0.717, 1.165) is 41.9 Å². The highest BCUT2D eigenvalue weighted by atomic mass is 32.2. The molecule has 1 aliphatic rings. The molecule has 0 aromatic heterocycles. The van der Waals surface area contributed by atoms with Crippen LogP contribution in [0.3, 0.4) is 0 Å². The molecule has 1 aromatic carbocycles. The normalized spacial score (nSPS) is 29.9. The first-order chi connectivity index (χ1) is 9.54. The Morgan fingerprint density at radius 3 is 2.80 bits per heavy atom. The zero-order valence-corrected chi connectivity index (χ0v) is 13.5. The molecule has 2 rings (SSSR count). The van der Waals surface area contributed by atoms with Gasteiger partial charge in [-0.05, 0) is 36.6 Å². The summed E-state index contributed by atoms with van der Waals surface area (Å²) < 4.78 is 13.5. The lowest BCUT2D eigenvalue weighted by Gasteiger charge is -2.38. The van der Waals surface area contributed by atoms with Gasteiger partial charge in [0, 0.05) is 22.0 Å².